The largest absolute Gasteiger partial charge is 0.362 e. The van der Waals surface area contributed by atoms with Crippen LogP contribution in [0.2, 0.25) is 0 Å². The molecule has 2 rings (SSSR count). The third-order valence-corrected chi connectivity index (χ3v) is 3.66. The third kappa shape index (κ3) is 3.14. The number of anilines is 1. The van der Waals surface area contributed by atoms with Crippen LogP contribution in [0.4, 0.5) is 10.1 Å². The first-order valence-electron chi connectivity index (χ1n) is 5.43. The van der Waals surface area contributed by atoms with Gasteiger partial charge in [0.25, 0.3) is 10.0 Å². The highest BCUT2D eigenvalue weighted by molar-refractivity contribution is 7.92. The van der Waals surface area contributed by atoms with Gasteiger partial charge in [0.2, 0.25) is 0 Å². The number of aromatic nitrogens is 1. The van der Waals surface area contributed by atoms with E-state index >= 15 is 0 Å². The van der Waals surface area contributed by atoms with Crippen molar-refractivity contribution < 1.29 is 17.3 Å². The van der Waals surface area contributed by atoms with Crippen molar-refractivity contribution in [1.29, 1.82) is 0 Å². The predicted octanol–water partition coefficient (Wildman–Crippen LogP) is 0.925. The zero-order valence-electron chi connectivity index (χ0n) is 10.1. The number of benzene rings is 1. The smallest absolute Gasteiger partial charge is 0.264 e. The second-order valence-corrected chi connectivity index (χ2v) is 5.32. The van der Waals surface area contributed by atoms with Crippen molar-refractivity contribution in [2.45, 2.75) is 4.90 Å². The molecule has 2 aromatic rings. The maximum absolute atomic E-state index is 13.8. The van der Waals surface area contributed by atoms with E-state index in [4.69, 9.17) is 5.73 Å². The van der Waals surface area contributed by atoms with Crippen molar-refractivity contribution in [1.82, 2.24) is 5.16 Å². The summed E-state index contributed by atoms with van der Waals surface area (Å²) in [6, 6.07) is 3.56. The Balaban J connectivity index is 2.33. The van der Waals surface area contributed by atoms with Crippen LogP contribution in [0.15, 0.2) is 40.1 Å². The average molecular weight is 295 g/mol. The predicted molar refractivity (Wildman–Crippen MR) is 69.6 cm³/mol. The van der Waals surface area contributed by atoms with Crippen LogP contribution >= 0.6 is 0 Å². The van der Waals surface area contributed by atoms with Crippen LogP contribution in [0.3, 0.4) is 0 Å². The molecule has 0 spiro atoms. The lowest BCUT2D eigenvalue weighted by Crippen LogP contribution is -2.14. The molecule has 0 atom stereocenters. The Morgan fingerprint density at radius 1 is 1.45 bits per heavy atom. The maximum atomic E-state index is 13.8. The van der Waals surface area contributed by atoms with E-state index in [0.717, 1.165) is 24.6 Å². The van der Waals surface area contributed by atoms with E-state index in [9.17, 15) is 12.8 Å². The molecule has 104 valence electrons. The van der Waals surface area contributed by atoms with E-state index in [0.29, 0.717) is 5.56 Å². The summed E-state index contributed by atoms with van der Waals surface area (Å²) in [5.41, 5.74) is 5.65. The van der Waals surface area contributed by atoms with Crippen molar-refractivity contribution in [2.75, 3.05) is 11.3 Å². The van der Waals surface area contributed by atoms with Gasteiger partial charge >= 0.3 is 0 Å². The Bertz CT molecular complexity index is 761. The van der Waals surface area contributed by atoms with Crippen LogP contribution < -0.4 is 10.5 Å². The average Bonchev–Trinajstić information content (AvgIpc) is 2.88. The number of nitrogens with zero attached hydrogens (tertiary/aromatic N) is 1. The Kier molecular flexibility index (Phi) is 4.02. The van der Waals surface area contributed by atoms with Gasteiger partial charge in [-0.05, 0) is 18.2 Å². The maximum Gasteiger partial charge on any atom is 0.264 e. The Labute approximate surface area is 114 Å². The van der Waals surface area contributed by atoms with E-state index in [-0.39, 0.29) is 12.2 Å². The molecule has 0 fully saturated rings. The number of hydrogen-bond donors (Lipinski definition) is 2. The Morgan fingerprint density at radius 2 is 2.25 bits per heavy atom. The molecule has 20 heavy (non-hydrogen) atoms. The molecule has 1 aromatic heterocycles. The van der Waals surface area contributed by atoms with Crippen molar-refractivity contribution in [3.05, 3.63) is 42.0 Å². The molecule has 0 radical (unpaired) electrons. The summed E-state index contributed by atoms with van der Waals surface area (Å²) in [7, 11) is -4.05. The molecular formula is C12H10FN3O3S. The highest BCUT2D eigenvalue weighted by Crippen LogP contribution is 2.19. The fourth-order valence-electron chi connectivity index (χ4n) is 1.42. The van der Waals surface area contributed by atoms with Gasteiger partial charge in [0.1, 0.15) is 22.7 Å². The summed E-state index contributed by atoms with van der Waals surface area (Å²) in [5, 5.41) is 3.34. The molecule has 0 aliphatic rings. The first-order chi connectivity index (χ1) is 9.53. The van der Waals surface area contributed by atoms with Crippen molar-refractivity contribution in [2.24, 2.45) is 5.73 Å². The molecule has 0 aliphatic carbocycles. The lowest BCUT2D eigenvalue weighted by molar-refractivity contribution is 0.420. The van der Waals surface area contributed by atoms with Gasteiger partial charge in [0, 0.05) is 5.56 Å². The van der Waals surface area contributed by atoms with Crippen LogP contribution in [0, 0.1) is 17.7 Å². The highest BCUT2D eigenvalue weighted by Gasteiger charge is 2.19. The lowest BCUT2D eigenvalue weighted by atomic mass is 10.2. The summed E-state index contributed by atoms with van der Waals surface area (Å²) in [6.45, 7) is 0.136. The summed E-state index contributed by atoms with van der Waals surface area (Å²) in [6.07, 6.45) is 2.26. The van der Waals surface area contributed by atoms with E-state index in [1.165, 1.54) is 6.07 Å². The molecule has 3 N–H and O–H groups in total. The molecular weight excluding hydrogens is 285 g/mol. The fraction of sp³-hybridized carbons (Fsp3) is 0.0833. The highest BCUT2D eigenvalue weighted by atomic mass is 32.2. The number of rotatable bonds is 3. The molecule has 0 saturated carbocycles. The third-order valence-electron chi connectivity index (χ3n) is 2.24. The Morgan fingerprint density at radius 3 is 2.85 bits per heavy atom. The number of nitrogens with one attached hydrogen (secondary N) is 1. The van der Waals surface area contributed by atoms with E-state index in [1.807, 2.05) is 0 Å². The lowest BCUT2D eigenvalue weighted by Gasteiger charge is -2.06. The van der Waals surface area contributed by atoms with E-state index < -0.39 is 20.7 Å². The van der Waals surface area contributed by atoms with Gasteiger partial charge in [-0.3, -0.25) is 4.72 Å². The molecule has 1 aromatic carbocycles. The van der Waals surface area contributed by atoms with Gasteiger partial charge in [-0.15, -0.1) is 0 Å². The number of sulfonamides is 1. The number of nitrogens with two attached hydrogens (primary N) is 1. The van der Waals surface area contributed by atoms with Gasteiger partial charge in [-0.2, -0.15) is 0 Å². The number of halogens is 1. The quantitative estimate of drug-likeness (QED) is 0.821. The van der Waals surface area contributed by atoms with E-state index in [2.05, 4.69) is 26.2 Å². The monoisotopic (exact) mass is 295 g/mol. The van der Waals surface area contributed by atoms with Crippen LogP contribution in [0.1, 0.15) is 5.56 Å². The second-order valence-electron chi connectivity index (χ2n) is 3.67. The van der Waals surface area contributed by atoms with Crippen LogP contribution in [-0.2, 0) is 10.0 Å². The van der Waals surface area contributed by atoms with Gasteiger partial charge in [-0.1, -0.05) is 17.0 Å². The topological polar surface area (TPSA) is 98.2 Å². The van der Waals surface area contributed by atoms with Gasteiger partial charge in [0.05, 0.1) is 12.7 Å². The van der Waals surface area contributed by atoms with Crippen molar-refractivity contribution in [3.8, 4) is 11.8 Å². The zero-order valence-corrected chi connectivity index (χ0v) is 10.9. The van der Waals surface area contributed by atoms with Crippen LogP contribution in [-0.4, -0.2) is 20.1 Å². The molecule has 0 aliphatic heterocycles. The van der Waals surface area contributed by atoms with Crippen molar-refractivity contribution >= 4 is 15.7 Å². The molecule has 6 nitrogen and oxygen atoms in total. The molecule has 0 bridgehead atoms. The Hall–Kier alpha value is -2.37. The number of hydrogen-bond acceptors (Lipinski definition) is 5. The standard InChI is InChI=1S/C12H10FN3O3S/c13-11-6-9(2-1-5-14)3-4-12(11)20(17,18)16-10-7-15-19-8-10/h3-4,6-8,16H,5,14H2. The minimum Gasteiger partial charge on any atom is -0.362 e. The molecule has 8 heteroatoms. The summed E-state index contributed by atoms with van der Waals surface area (Å²) in [5.74, 6) is 4.26. The van der Waals surface area contributed by atoms with Crippen LogP contribution in [0.25, 0.3) is 0 Å². The minimum atomic E-state index is -4.05. The zero-order chi connectivity index (χ0) is 14.6. The minimum absolute atomic E-state index is 0.108. The second kappa shape index (κ2) is 5.73. The first kappa shape index (κ1) is 14.0. The first-order valence-corrected chi connectivity index (χ1v) is 6.92. The van der Waals surface area contributed by atoms with Gasteiger partial charge < -0.3 is 10.3 Å². The normalized spacial score (nSPS) is 10.7. The summed E-state index contributed by atoms with van der Waals surface area (Å²) >= 11 is 0. The summed E-state index contributed by atoms with van der Waals surface area (Å²) < 4.78 is 44.4. The van der Waals surface area contributed by atoms with Gasteiger partial charge in [-0.25, -0.2) is 12.8 Å². The molecule has 0 amide bonds. The van der Waals surface area contributed by atoms with Crippen molar-refractivity contribution in [3.63, 3.8) is 0 Å². The molecule has 0 saturated heterocycles. The van der Waals surface area contributed by atoms with E-state index in [1.54, 1.807) is 0 Å². The SMILES string of the molecule is NCC#Cc1ccc(S(=O)(=O)Nc2cnoc2)c(F)c1. The van der Waals surface area contributed by atoms with Gasteiger partial charge in [0.15, 0.2) is 0 Å². The fourth-order valence-corrected chi connectivity index (χ4v) is 2.50. The summed E-state index contributed by atoms with van der Waals surface area (Å²) in [4.78, 5) is -0.489. The van der Waals surface area contributed by atoms with Crippen LogP contribution in [0.5, 0.6) is 0 Å². The molecule has 0 unspecified atom stereocenters. The molecule has 1 heterocycles.